The van der Waals surface area contributed by atoms with E-state index in [1.807, 2.05) is 0 Å². The fourth-order valence-electron chi connectivity index (χ4n) is 2.11. The Hall–Kier alpha value is -0.930. The van der Waals surface area contributed by atoms with Crippen LogP contribution in [0.15, 0.2) is 35.6 Å². The summed E-state index contributed by atoms with van der Waals surface area (Å²) in [6.07, 6.45) is 10.9. The van der Waals surface area contributed by atoms with Gasteiger partial charge in [-0.3, -0.25) is 4.79 Å². The van der Waals surface area contributed by atoms with Gasteiger partial charge in [-0.1, -0.05) is 18.2 Å². The van der Waals surface area contributed by atoms with Crippen LogP contribution in [0.2, 0.25) is 0 Å². The van der Waals surface area contributed by atoms with Crippen molar-refractivity contribution < 1.29 is 9.90 Å². The van der Waals surface area contributed by atoms with Gasteiger partial charge in [-0.2, -0.15) is 0 Å². The summed E-state index contributed by atoms with van der Waals surface area (Å²) in [5.74, 6) is 0.412. The second-order valence-corrected chi connectivity index (χ2v) is 5.37. The minimum absolute atomic E-state index is 0.215. The average molecular weight is 318 g/mol. The first-order valence-electron chi connectivity index (χ1n) is 6.82. The molecule has 0 amide bonds. The standard InChI is InChI=1S/C15H21Cl2NO2/c16-9-11-18(12-10-17)14-5-1-3-13(7-8-14)4-2-6-15(19)20/h1,3,7-8H,2,4-6,9-12H2,(H,19,20). The SMILES string of the molecule is O=C(O)CCCC1=CC=C(N(CCCl)CCCl)CC=C1. The van der Waals surface area contributed by atoms with Crippen LogP contribution >= 0.6 is 23.2 Å². The Morgan fingerprint density at radius 3 is 2.55 bits per heavy atom. The first kappa shape index (κ1) is 17.1. The molecule has 5 heteroatoms. The van der Waals surface area contributed by atoms with Crippen LogP contribution in [0.4, 0.5) is 0 Å². The molecule has 0 atom stereocenters. The third kappa shape index (κ3) is 6.49. The van der Waals surface area contributed by atoms with Crippen LogP contribution in [-0.2, 0) is 4.79 Å². The molecule has 0 aromatic heterocycles. The number of hydrogen-bond donors (Lipinski definition) is 1. The van der Waals surface area contributed by atoms with Crippen molar-refractivity contribution in [2.75, 3.05) is 24.8 Å². The van der Waals surface area contributed by atoms with Crippen molar-refractivity contribution in [1.29, 1.82) is 0 Å². The molecule has 1 rings (SSSR count). The molecule has 112 valence electrons. The number of carboxylic acids is 1. The number of carbonyl (C=O) groups is 1. The molecule has 0 bridgehead atoms. The third-order valence-corrected chi connectivity index (χ3v) is 3.46. The van der Waals surface area contributed by atoms with Crippen molar-refractivity contribution in [2.24, 2.45) is 0 Å². The van der Waals surface area contributed by atoms with Gasteiger partial charge in [-0.05, 0) is 24.5 Å². The molecule has 1 aliphatic carbocycles. The van der Waals surface area contributed by atoms with Crippen LogP contribution in [0, 0.1) is 0 Å². The third-order valence-electron chi connectivity index (χ3n) is 3.12. The van der Waals surface area contributed by atoms with Crippen LogP contribution < -0.4 is 0 Å². The Morgan fingerprint density at radius 2 is 1.95 bits per heavy atom. The Morgan fingerprint density at radius 1 is 1.25 bits per heavy atom. The molecule has 0 radical (unpaired) electrons. The van der Waals surface area contributed by atoms with Crippen molar-refractivity contribution >= 4 is 29.2 Å². The number of carboxylic acid groups (broad SMARTS) is 1. The molecule has 1 aliphatic rings. The molecule has 0 saturated carbocycles. The Kier molecular flexibility index (Phi) is 8.47. The van der Waals surface area contributed by atoms with E-state index in [1.165, 1.54) is 5.70 Å². The largest absolute Gasteiger partial charge is 0.481 e. The fourth-order valence-corrected chi connectivity index (χ4v) is 2.51. The molecule has 0 saturated heterocycles. The molecular formula is C15H21Cl2NO2. The molecular weight excluding hydrogens is 297 g/mol. The van der Waals surface area contributed by atoms with Crippen molar-refractivity contribution in [3.05, 3.63) is 35.6 Å². The van der Waals surface area contributed by atoms with Crippen LogP contribution in [0.5, 0.6) is 0 Å². The van der Waals surface area contributed by atoms with Crippen LogP contribution in [0.1, 0.15) is 25.7 Å². The molecule has 0 heterocycles. The maximum absolute atomic E-state index is 10.5. The predicted octanol–water partition coefficient (Wildman–Crippen LogP) is 3.79. The van der Waals surface area contributed by atoms with Crippen molar-refractivity contribution in [3.8, 4) is 0 Å². The summed E-state index contributed by atoms with van der Waals surface area (Å²) in [5, 5.41) is 8.65. The van der Waals surface area contributed by atoms with Crippen LogP contribution in [0.3, 0.4) is 0 Å². The van der Waals surface area contributed by atoms with Gasteiger partial charge in [0.05, 0.1) is 0 Å². The summed E-state index contributed by atoms with van der Waals surface area (Å²) in [7, 11) is 0. The zero-order valence-corrected chi connectivity index (χ0v) is 13.0. The normalized spacial score (nSPS) is 14.5. The number of nitrogens with zero attached hydrogens (tertiary/aromatic N) is 1. The van der Waals surface area contributed by atoms with E-state index in [1.54, 1.807) is 0 Å². The monoisotopic (exact) mass is 317 g/mol. The zero-order chi connectivity index (χ0) is 14.8. The summed E-state index contributed by atoms with van der Waals surface area (Å²) in [6, 6.07) is 0. The van der Waals surface area contributed by atoms with E-state index in [9.17, 15) is 4.79 Å². The molecule has 0 fully saturated rings. The first-order chi connectivity index (χ1) is 9.67. The van der Waals surface area contributed by atoms with Crippen LogP contribution in [0.25, 0.3) is 0 Å². The molecule has 20 heavy (non-hydrogen) atoms. The highest BCUT2D eigenvalue weighted by atomic mass is 35.5. The minimum Gasteiger partial charge on any atom is -0.481 e. The van der Waals surface area contributed by atoms with Crippen molar-refractivity contribution in [2.45, 2.75) is 25.7 Å². The number of halogens is 2. The second-order valence-electron chi connectivity index (χ2n) is 4.62. The lowest BCUT2D eigenvalue weighted by molar-refractivity contribution is -0.137. The minimum atomic E-state index is -0.741. The average Bonchev–Trinajstić information content (AvgIpc) is 2.64. The van der Waals surface area contributed by atoms with Gasteiger partial charge in [0.25, 0.3) is 0 Å². The highest BCUT2D eigenvalue weighted by Crippen LogP contribution is 2.18. The van der Waals surface area contributed by atoms with Gasteiger partial charge in [-0.25, -0.2) is 0 Å². The summed E-state index contributed by atoms with van der Waals surface area (Å²) in [4.78, 5) is 12.7. The van der Waals surface area contributed by atoms with Gasteiger partial charge in [0.2, 0.25) is 0 Å². The lowest BCUT2D eigenvalue weighted by Gasteiger charge is -2.24. The molecule has 0 aromatic carbocycles. The molecule has 0 aliphatic heterocycles. The van der Waals surface area contributed by atoms with E-state index in [4.69, 9.17) is 28.3 Å². The zero-order valence-electron chi connectivity index (χ0n) is 11.5. The smallest absolute Gasteiger partial charge is 0.303 e. The molecule has 1 N–H and O–H groups in total. The summed E-state index contributed by atoms with van der Waals surface area (Å²) < 4.78 is 0. The highest BCUT2D eigenvalue weighted by molar-refractivity contribution is 6.18. The Labute approximate surface area is 130 Å². The van der Waals surface area contributed by atoms with Crippen LogP contribution in [-0.4, -0.2) is 40.8 Å². The quantitative estimate of drug-likeness (QED) is 0.658. The molecule has 0 aromatic rings. The van der Waals surface area contributed by atoms with Gasteiger partial charge < -0.3 is 10.0 Å². The Bertz CT molecular complexity index is 397. The van der Waals surface area contributed by atoms with Gasteiger partial charge in [0.1, 0.15) is 0 Å². The van der Waals surface area contributed by atoms with E-state index in [0.29, 0.717) is 18.2 Å². The van der Waals surface area contributed by atoms with E-state index in [0.717, 1.165) is 31.5 Å². The van der Waals surface area contributed by atoms with E-state index < -0.39 is 5.97 Å². The Balaban J connectivity index is 2.62. The van der Waals surface area contributed by atoms with Crippen molar-refractivity contribution in [3.63, 3.8) is 0 Å². The van der Waals surface area contributed by atoms with Gasteiger partial charge in [-0.15, -0.1) is 23.2 Å². The number of alkyl halides is 2. The topological polar surface area (TPSA) is 40.5 Å². The van der Waals surface area contributed by atoms with E-state index >= 15 is 0 Å². The number of rotatable bonds is 9. The summed E-state index contributed by atoms with van der Waals surface area (Å²) >= 11 is 11.6. The van der Waals surface area contributed by atoms with E-state index in [2.05, 4.69) is 29.2 Å². The molecule has 0 unspecified atom stereocenters. The molecule has 0 spiro atoms. The van der Waals surface area contributed by atoms with Crippen molar-refractivity contribution in [1.82, 2.24) is 4.90 Å². The van der Waals surface area contributed by atoms with Gasteiger partial charge >= 0.3 is 5.97 Å². The van der Waals surface area contributed by atoms with Gasteiger partial charge in [0, 0.05) is 43.4 Å². The summed E-state index contributed by atoms with van der Waals surface area (Å²) in [5.41, 5.74) is 2.37. The summed E-state index contributed by atoms with van der Waals surface area (Å²) in [6.45, 7) is 1.58. The number of allylic oxidation sites excluding steroid dienone is 5. The van der Waals surface area contributed by atoms with Gasteiger partial charge in [0.15, 0.2) is 0 Å². The fraction of sp³-hybridized carbons (Fsp3) is 0.533. The maximum Gasteiger partial charge on any atom is 0.303 e. The number of aliphatic carboxylic acids is 1. The predicted molar refractivity (Wildman–Crippen MR) is 84.4 cm³/mol. The second kappa shape index (κ2) is 9.89. The molecule has 3 nitrogen and oxygen atoms in total. The lowest BCUT2D eigenvalue weighted by atomic mass is 10.1. The van der Waals surface area contributed by atoms with E-state index in [-0.39, 0.29) is 6.42 Å². The first-order valence-corrected chi connectivity index (χ1v) is 7.89. The lowest BCUT2D eigenvalue weighted by Crippen LogP contribution is -2.27. The maximum atomic E-state index is 10.5. The highest BCUT2D eigenvalue weighted by Gasteiger charge is 2.08. The number of hydrogen-bond acceptors (Lipinski definition) is 2.